The first-order chi connectivity index (χ1) is 6.61. The Morgan fingerprint density at radius 2 is 1.86 bits per heavy atom. The molecule has 1 heterocycles. The third kappa shape index (κ3) is 1.43. The van der Waals surface area contributed by atoms with Gasteiger partial charge in [0.2, 0.25) is 0 Å². The van der Waals surface area contributed by atoms with Crippen molar-refractivity contribution < 1.29 is 0 Å². The summed E-state index contributed by atoms with van der Waals surface area (Å²) < 4.78 is 0.936. The van der Waals surface area contributed by atoms with Crippen molar-refractivity contribution in [2.24, 2.45) is 0 Å². The van der Waals surface area contributed by atoms with Crippen molar-refractivity contribution in [3.63, 3.8) is 0 Å². The van der Waals surface area contributed by atoms with Gasteiger partial charge >= 0.3 is 0 Å². The second-order valence-electron chi connectivity index (χ2n) is 3.34. The van der Waals surface area contributed by atoms with Crippen LogP contribution in [-0.2, 0) is 0 Å². The molecule has 2 rings (SSSR count). The standard InChI is InChI=1S/C11H9BrClN/c1-6-3-4-7(2)11-9(6)10(12)8(13)5-14-11/h3-5H,1-2H3. The normalized spacial score (nSPS) is 10.9. The average molecular weight is 271 g/mol. The summed E-state index contributed by atoms with van der Waals surface area (Å²) in [7, 11) is 0. The highest BCUT2D eigenvalue weighted by molar-refractivity contribution is 9.10. The molecule has 0 fully saturated rings. The van der Waals surface area contributed by atoms with Crippen molar-refractivity contribution in [2.75, 3.05) is 0 Å². The van der Waals surface area contributed by atoms with Crippen LogP contribution in [-0.4, -0.2) is 4.98 Å². The van der Waals surface area contributed by atoms with Crippen LogP contribution in [0.4, 0.5) is 0 Å². The molecule has 0 saturated heterocycles. The number of benzene rings is 1. The number of rotatable bonds is 0. The summed E-state index contributed by atoms with van der Waals surface area (Å²) >= 11 is 9.50. The Balaban J connectivity index is 3.01. The zero-order valence-electron chi connectivity index (χ0n) is 7.94. The van der Waals surface area contributed by atoms with Crippen LogP contribution >= 0.6 is 27.5 Å². The predicted octanol–water partition coefficient (Wildman–Crippen LogP) is 4.27. The number of aryl methyl sites for hydroxylation is 2. The molecule has 1 aromatic heterocycles. The molecule has 0 aliphatic heterocycles. The second kappa shape index (κ2) is 3.52. The molecule has 0 atom stereocenters. The van der Waals surface area contributed by atoms with Crippen molar-refractivity contribution in [3.05, 3.63) is 39.0 Å². The Morgan fingerprint density at radius 1 is 1.21 bits per heavy atom. The zero-order chi connectivity index (χ0) is 10.3. The Bertz CT molecular complexity index is 508. The molecule has 0 bridgehead atoms. The van der Waals surface area contributed by atoms with Crippen molar-refractivity contribution in [2.45, 2.75) is 13.8 Å². The fraction of sp³-hybridized carbons (Fsp3) is 0.182. The number of aromatic nitrogens is 1. The van der Waals surface area contributed by atoms with Crippen molar-refractivity contribution in [1.82, 2.24) is 4.98 Å². The Kier molecular flexibility index (Phi) is 2.50. The summed E-state index contributed by atoms with van der Waals surface area (Å²) in [6, 6.07) is 4.16. The SMILES string of the molecule is Cc1ccc(C)c2c(Br)c(Cl)cnc12. The minimum atomic E-state index is 0.659. The van der Waals surface area contributed by atoms with Crippen LogP contribution in [0.5, 0.6) is 0 Å². The molecule has 1 aromatic carbocycles. The van der Waals surface area contributed by atoms with Crippen LogP contribution in [0.1, 0.15) is 11.1 Å². The summed E-state index contributed by atoms with van der Waals surface area (Å²) in [6.07, 6.45) is 1.68. The van der Waals surface area contributed by atoms with E-state index in [0.29, 0.717) is 5.02 Å². The summed E-state index contributed by atoms with van der Waals surface area (Å²) in [5.74, 6) is 0. The molecule has 0 aliphatic rings. The number of pyridine rings is 1. The summed E-state index contributed by atoms with van der Waals surface area (Å²) in [5, 5.41) is 1.77. The molecular weight excluding hydrogens is 261 g/mol. The van der Waals surface area contributed by atoms with Gasteiger partial charge in [-0.25, -0.2) is 0 Å². The minimum Gasteiger partial charge on any atom is -0.254 e. The van der Waals surface area contributed by atoms with E-state index in [0.717, 1.165) is 15.4 Å². The molecule has 14 heavy (non-hydrogen) atoms. The van der Waals surface area contributed by atoms with E-state index in [1.54, 1.807) is 6.20 Å². The molecule has 3 heteroatoms. The first-order valence-electron chi connectivity index (χ1n) is 4.31. The summed E-state index contributed by atoms with van der Waals surface area (Å²) in [4.78, 5) is 4.34. The van der Waals surface area contributed by atoms with Crippen molar-refractivity contribution in [3.8, 4) is 0 Å². The highest BCUT2D eigenvalue weighted by atomic mass is 79.9. The molecule has 0 N–H and O–H groups in total. The largest absolute Gasteiger partial charge is 0.254 e. The third-order valence-corrected chi connectivity index (χ3v) is 3.66. The average Bonchev–Trinajstić information content (AvgIpc) is 2.16. The lowest BCUT2D eigenvalue weighted by molar-refractivity contribution is 1.34. The number of halogens is 2. The van der Waals surface area contributed by atoms with Gasteiger partial charge in [-0.05, 0) is 40.9 Å². The molecule has 0 amide bonds. The number of nitrogens with zero attached hydrogens (tertiary/aromatic N) is 1. The summed E-state index contributed by atoms with van der Waals surface area (Å²) in [5.41, 5.74) is 3.37. The summed E-state index contributed by atoms with van der Waals surface area (Å²) in [6.45, 7) is 4.11. The van der Waals surface area contributed by atoms with Crippen LogP contribution in [0, 0.1) is 13.8 Å². The lowest BCUT2D eigenvalue weighted by Gasteiger charge is -2.07. The number of hydrogen-bond donors (Lipinski definition) is 0. The van der Waals surface area contributed by atoms with Crippen LogP contribution in [0.25, 0.3) is 10.9 Å². The minimum absolute atomic E-state index is 0.659. The first kappa shape index (κ1) is 9.94. The van der Waals surface area contributed by atoms with Crippen LogP contribution < -0.4 is 0 Å². The molecule has 2 aromatic rings. The molecule has 0 unspecified atom stereocenters. The maximum absolute atomic E-state index is 6.00. The smallest absolute Gasteiger partial charge is 0.0746 e. The number of hydrogen-bond acceptors (Lipinski definition) is 1. The van der Waals surface area contributed by atoms with Gasteiger partial charge < -0.3 is 0 Å². The fourth-order valence-electron chi connectivity index (χ4n) is 1.54. The lowest BCUT2D eigenvalue weighted by atomic mass is 10.1. The first-order valence-corrected chi connectivity index (χ1v) is 5.48. The quantitative estimate of drug-likeness (QED) is 0.697. The van der Waals surface area contributed by atoms with E-state index in [4.69, 9.17) is 11.6 Å². The molecule has 1 nitrogen and oxygen atoms in total. The maximum Gasteiger partial charge on any atom is 0.0746 e. The van der Waals surface area contributed by atoms with Gasteiger partial charge in [0, 0.05) is 16.1 Å². The van der Waals surface area contributed by atoms with E-state index >= 15 is 0 Å². The van der Waals surface area contributed by atoms with Gasteiger partial charge in [0.15, 0.2) is 0 Å². The highest BCUT2D eigenvalue weighted by Crippen LogP contribution is 2.32. The Hall–Kier alpha value is -0.600. The maximum atomic E-state index is 6.00. The monoisotopic (exact) mass is 269 g/mol. The molecule has 0 aliphatic carbocycles. The molecule has 0 saturated carbocycles. The topological polar surface area (TPSA) is 12.9 Å². The van der Waals surface area contributed by atoms with E-state index in [9.17, 15) is 0 Å². The van der Waals surface area contributed by atoms with E-state index < -0.39 is 0 Å². The van der Waals surface area contributed by atoms with E-state index in [1.807, 2.05) is 0 Å². The molecule has 0 spiro atoms. The third-order valence-electron chi connectivity index (χ3n) is 2.32. The highest BCUT2D eigenvalue weighted by Gasteiger charge is 2.08. The lowest BCUT2D eigenvalue weighted by Crippen LogP contribution is -1.88. The van der Waals surface area contributed by atoms with Crippen LogP contribution in [0.2, 0.25) is 5.02 Å². The van der Waals surface area contributed by atoms with E-state index in [1.165, 1.54) is 11.1 Å². The van der Waals surface area contributed by atoms with Gasteiger partial charge in [0.05, 0.1) is 10.5 Å². The van der Waals surface area contributed by atoms with Gasteiger partial charge in [0.1, 0.15) is 0 Å². The number of fused-ring (bicyclic) bond motifs is 1. The van der Waals surface area contributed by atoms with E-state index in [2.05, 4.69) is 46.9 Å². The van der Waals surface area contributed by atoms with Crippen molar-refractivity contribution in [1.29, 1.82) is 0 Å². The van der Waals surface area contributed by atoms with E-state index in [-0.39, 0.29) is 0 Å². The molecule has 0 radical (unpaired) electrons. The van der Waals surface area contributed by atoms with Gasteiger partial charge in [-0.15, -0.1) is 0 Å². The Labute approximate surface area is 96.2 Å². The predicted molar refractivity (Wildman–Crippen MR) is 63.9 cm³/mol. The second-order valence-corrected chi connectivity index (χ2v) is 4.54. The van der Waals surface area contributed by atoms with Crippen LogP contribution in [0.3, 0.4) is 0 Å². The molecular formula is C11H9BrClN. The van der Waals surface area contributed by atoms with Gasteiger partial charge in [-0.2, -0.15) is 0 Å². The van der Waals surface area contributed by atoms with Gasteiger partial charge in [-0.1, -0.05) is 23.7 Å². The van der Waals surface area contributed by atoms with Crippen LogP contribution in [0.15, 0.2) is 22.8 Å². The zero-order valence-corrected chi connectivity index (χ0v) is 10.3. The Morgan fingerprint density at radius 3 is 2.57 bits per heavy atom. The van der Waals surface area contributed by atoms with Crippen molar-refractivity contribution >= 4 is 38.4 Å². The molecule has 72 valence electrons. The van der Waals surface area contributed by atoms with Gasteiger partial charge in [0.25, 0.3) is 0 Å². The fourth-order valence-corrected chi connectivity index (χ4v) is 2.28. The van der Waals surface area contributed by atoms with Gasteiger partial charge in [-0.3, -0.25) is 4.98 Å².